The fourth-order valence-corrected chi connectivity index (χ4v) is 5.48. The zero-order valence-corrected chi connectivity index (χ0v) is 19.5. The van der Waals surface area contributed by atoms with Crippen LogP contribution in [0.15, 0.2) is 34.1 Å². The number of carbonyl (C=O) groups is 1. The standard InChI is InChI=1S/C19H19BrFN3O2S2.ClH/c20-17-5-4-15(27-17)18(25)24(7-1-6-23-8-10-26-11-9-23)19-22-14-3-2-13(21)12-16(14)28-19;/h2-5,12H,1,6-11H2;1H. The summed E-state index contributed by atoms with van der Waals surface area (Å²) in [6.45, 7) is 4.83. The van der Waals surface area contributed by atoms with Gasteiger partial charge in [-0.1, -0.05) is 11.3 Å². The van der Waals surface area contributed by atoms with Crippen molar-refractivity contribution in [3.8, 4) is 0 Å². The molecule has 4 rings (SSSR count). The molecule has 10 heteroatoms. The van der Waals surface area contributed by atoms with E-state index in [1.165, 1.54) is 34.8 Å². The molecule has 29 heavy (non-hydrogen) atoms. The largest absolute Gasteiger partial charge is 0.379 e. The molecule has 0 atom stereocenters. The summed E-state index contributed by atoms with van der Waals surface area (Å²) in [5.74, 6) is -0.368. The second kappa shape index (κ2) is 10.3. The molecule has 2 aromatic heterocycles. The number of aromatic nitrogens is 1. The number of hydrogen-bond acceptors (Lipinski definition) is 6. The zero-order valence-electron chi connectivity index (χ0n) is 15.5. The average Bonchev–Trinajstić information content (AvgIpc) is 3.31. The Hall–Kier alpha value is -1.10. The molecule has 0 aliphatic carbocycles. The molecule has 0 radical (unpaired) electrons. The highest BCUT2D eigenvalue weighted by atomic mass is 79.9. The average molecular weight is 521 g/mol. The molecule has 1 aliphatic rings. The number of carbonyl (C=O) groups excluding carboxylic acids is 1. The van der Waals surface area contributed by atoms with Crippen LogP contribution in [0.4, 0.5) is 9.52 Å². The number of thiazole rings is 1. The lowest BCUT2D eigenvalue weighted by atomic mass is 10.3. The monoisotopic (exact) mass is 519 g/mol. The maximum Gasteiger partial charge on any atom is 0.270 e. The molecule has 5 nitrogen and oxygen atoms in total. The molecular formula is C19H20BrClFN3O2S2. The first-order valence-corrected chi connectivity index (χ1v) is 11.5. The van der Waals surface area contributed by atoms with Crippen molar-refractivity contribution in [2.75, 3.05) is 44.3 Å². The van der Waals surface area contributed by atoms with E-state index in [1.807, 2.05) is 12.1 Å². The highest BCUT2D eigenvalue weighted by Crippen LogP contribution is 2.32. The summed E-state index contributed by atoms with van der Waals surface area (Å²) in [6.07, 6.45) is 0.836. The number of anilines is 1. The van der Waals surface area contributed by atoms with E-state index in [1.54, 1.807) is 11.0 Å². The Labute approximate surface area is 191 Å². The number of thiophene rings is 1. The number of rotatable bonds is 6. The van der Waals surface area contributed by atoms with Gasteiger partial charge in [0.2, 0.25) is 0 Å². The number of hydrogen-bond donors (Lipinski definition) is 0. The van der Waals surface area contributed by atoms with Crippen molar-refractivity contribution in [1.29, 1.82) is 0 Å². The Morgan fingerprint density at radius 1 is 1.24 bits per heavy atom. The van der Waals surface area contributed by atoms with Crippen LogP contribution >= 0.6 is 51.0 Å². The molecule has 1 saturated heterocycles. The third kappa shape index (κ3) is 5.53. The summed E-state index contributed by atoms with van der Waals surface area (Å²) in [4.78, 5) is 22.5. The zero-order chi connectivity index (χ0) is 19.5. The lowest BCUT2D eigenvalue weighted by molar-refractivity contribution is 0.0376. The topological polar surface area (TPSA) is 45.7 Å². The number of halogens is 3. The van der Waals surface area contributed by atoms with Crippen molar-refractivity contribution < 1.29 is 13.9 Å². The first-order valence-electron chi connectivity index (χ1n) is 9.03. The van der Waals surface area contributed by atoms with Crippen molar-refractivity contribution in [1.82, 2.24) is 9.88 Å². The van der Waals surface area contributed by atoms with Gasteiger partial charge in [-0.2, -0.15) is 0 Å². The normalized spacial score (nSPS) is 14.7. The van der Waals surface area contributed by atoms with Crippen molar-refractivity contribution in [2.24, 2.45) is 0 Å². The molecule has 0 bridgehead atoms. The summed E-state index contributed by atoms with van der Waals surface area (Å²) in [7, 11) is 0. The lowest BCUT2D eigenvalue weighted by Gasteiger charge is -2.27. The number of nitrogens with zero attached hydrogens (tertiary/aromatic N) is 3. The first-order chi connectivity index (χ1) is 13.6. The van der Waals surface area contributed by atoms with E-state index < -0.39 is 0 Å². The smallest absolute Gasteiger partial charge is 0.270 e. The second-order valence-electron chi connectivity index (χ2n) is 6.48. The third-order valence-electron chi connectivity index (χ3n) is 4.56. The maximum absolute atomic E-state index is 13.6. The van der Waals surface area contributed by atoms with Crippen molar-refractivity contribution >= 4 is 72.3 Å². The second-order valence-corrected chi connectivity index (χ2v) is 9.95. The Balaban J connectivity index is 0.00000240. The fourth-order valence-electron chi connectivity index (χ4n) is 3.13. The molecule has 1 fully saturated rings. The van der Waals surface area contributed by atoms with Crippen molar-refractivity contribution in [2.45, 2.75) is 6.42 Å². The molecule has 1 aromatic carbocycles. The van der Waals surface area contributed by atoms with Crippen LogP contribution in [0.2, 0.25) is 0 Å². The van der Waals surface area contributed by atoms with Crippen molar-refractivity contribution in [3.05, 3.63) is 44.8 Å². The van der Waals surface area contributed by atoms with Gasteiger partial charge >= 0.3 is 0 Å². The number of ether oxygens (including phenoxy) is 1. The minimum absolute atomic E-state index is 0. The van der Waals surface area contributed by atoms with Crippen LogP contribution in [0.3, 0.4) is 0 Å². The van der Waals surface area contributed by atoms with Gasteiger partial charge in [-0.3, -0.25) is 14.6 Å². The highest BCUT2D eigenvalue weighted by molar-refractivity contribution is 9.11. The number of fused-ring (bicyclic) bond motifs is 1. The SMILES string of the molecule is Cl.O=C(c1ccc(Br)s1)N(CCCN1CCOCC1)c1nc2ccc(F)cc2s1. The maximum atomic E-state index is 13.6. The first kappa shape index (κ1) is 22.6. The number of morpholine rings is 1. The summed E-state index contributed by atoms with van der Waals surface area (Å²) < 4.78 is 20.6. The minimum atomic E-state index is -0.296. The van der Waals surface area contributed by atoms with Gasteiger partial charge in [-0.25, -0.2) is 9.37 Å². The van der Waals surface area contributed by atoms with Gasteiger partial charge in [0.15, 0.2) is 5.13 Å². The predicted octanol–water partition coefficient (Wildman–Crippen LogP) is 5.05. The van der Waals surface area contributed by atoms with E-state index >= 15 is 0 Å². The number of benzene rings is 1. The molecule has 3 heterocycles. The summed E-state index contributed by atoms with van der Waals surface area (Å²) in [6, 6.07) is 8.21. The summed E-state index contributed by atoms with van der Waals surface area (Å²) in [5, 5.41) is 0.608. The van der Waals surface area contributed by atoms with Crippen LogP contribution in [0.1, 0.15) is 16.1 Å². The van der Waals surface area contributed by atoms with E-state index in [0.29, 0.717) is 22.1 Å². The van der Waals surface area contributed by atoms with Crippen LogP contribution in [0.25, 0.3) is 10.2 Å². The fraction of sp³-hybridized carbons (Fsp3) is 0.368. The highest BCUT2D eigenvalue weighted by Gasteiger charge is 2.23. The van der Waals surface area contributed by atoms with E-state index in [4.69, 9.17) is 4.74 Å². The van der Waals surface area contributed by atoms with Gasteiger partial charge in [0.05, 0.1) is 32.1 Å². The minimum Gasteiger partial charge on any atom is -0.379 e. The van der Waals surface area contributed by atoms with Crippen LogP contribution in [0, 0.1) is 5.82 Å². The molecule has 1 aliphatic heterocycles. The van der Waals surface area contributed by atoms with E-state index in [9.17, 15) is 9.18 Å². The Bertz CT molecular complexity index is 977. The van der Waals surface area contributed by atoms with Gasteiger partial charge in [0.1, 0.15) is 5.82 Å². The molecule has 3 aromatic rings. The van der Waals surface area contributed by atoms with Crippen LogP contribution in [-0.4, -0.2) is 55.2 Å². The van der Waals surface area contributed by atoms with E-state index in [-0.39, 0.29) is 24.1 Å². The van der Waals surface area contributed by atoms with Crippen LogP contribution in [-0.2, 0) is 4.74 Å². The molecule has 0 unspecified atom stereocenters. The van der Waals surface area contributed by atoms with Gasteiger partial charge < -0.3 is 4.74 Å². The predicted molar refractivity (Wildman–Crippen MR) is 122 cm³/mol. The Morgan fingerprint density at radius 3 is 2.76 bits per heavy atom. The van der Waals surface area contributed by atoms with Gasteiger partial charge in [-0.05, 0) is 52.7 Å². The van der Waals surface area contributed by atoms with Gasteiger partial charge in [-0.15, -0.1) is 23.7 Å². The van der Waals surface area contributed by atoms with E-state index in [2.05, 4.69) is 25.8 Å². The molecule has 0 saturated carbocycles. The Kier molecular flexibility index (Phi) is 8.00. The third-order valence-corrected chi connectivity index (χ3v) is 7.21. The van der Waals surface area contributed by atoms with Gasteiger partial charge in [0, 0.05) is 26.2 Å². The molecule has 1 amide bonds. The van der Waals surface area contributed by atoms with Gasteiger partial charge in [0.25, 0.3) is 5.91 Å². The molecular weight excluding hydrogens is 501 g/mol. The number of amides is 1. The lowest BCUT2D eigenvalue weighted by Crippen LogP contribution is -2.39. The summed E-state index contributed by atoms with van der Waals surface area (Å²) in [5.41, 5.74) is 0.708. The quantitative estimate of drug-likeness (QED) is 0.456. The van der Waals surface area contributed by atoms with Crippen LogP contribution < -0.4 is 4.90 Å². The van der Waals surface area contributed by atoms with E-state index in [0.717, 1.165) is 47.8 Å². The summed E-state index contributed by atoms with van der Waals surface area (Å²) >= 11 is 6.17. The molecule has 0 N–H and O–H groups in total. The van der Waals surface area contributed by atoms with Crippen LogP contribution in [0.5, 0.6) is 0 Å². The molecule has 0 spiro atoms. The Morgan fingerprint density at radius 2 is 2.03 bits per heavy atom. The molecule has 156 valence electrons. The van der Waals surface area contributed by atoms with Crippen molar-refractivity contribution in [3.63, 3.8) is 0 Å².